The van der Waals surface area contributed by atoms with Crippen LogP contribution in [0.15, 0.2) is 30.3 Å². The molecule has 2 aliphatic rings. The Morgan fingerprint density at radius 3 is 2.48 bits per heavy atom. The van der Waals surface area contributed by atoms with Crippen molar-refractivity contribution in [1.82, 2.24) is 9.21 Å². The Morgan fingerprint density at radius 2 is 1.81 bits per heavy atom. The van der Waals surface area contributed by atoms with Gasteiger partial charge in [0.2, 0.25) is 15.9 Å². The van der Waals surface area contributed by atoms with Crippen LogP contribution in [0.3, 0.4) is 0 Å². The number of amides is 1. The van der Waals surface area contributed by atoms with Crippen LogP contribution in [0.1, 0.15) is 37.7 Å². The highest BCUT2D eigenvalue weighted by atomic mass is 32.2. The third-order valence-electron chi connectivity index (χ3n) is 5.89. The molecule has 2 fully saturated rings. The predicted octanol–water partition coefficient (Wildman–Crippen LogP) is 2.26. The Labute approximate surface area is 162 Å². The molecule has 6 nitrogen and oxygen atoms in total. The summed E-state index contributed by atoms with van der Waals surface area (Å²) >= 11 is 0. The highest BCUT2D eigenvalue weighted by Gasteiger charge is 2.42. The molecule has 1 spiro atoms. The molecule has 27 heavy (non-hydrogen) atoms. The maximum Gasteiger partial charge on any atom is 0.222 e. The zero-order valence-electron chi connectivity index (χ0n) is 16.1. The summed E-state index contributed by atoms with van der Waals surface area (Å²) in [6, 6.07) is 9.34. The van der Waals surface area contributed by atoms with Crippen molar-refractivity contribution in [3.05, 3.63) is 35.9 Å². The van der Waals surface area contributed by atoms with Gasteiger partial charge in [-0.2, -0.15) is 0 Å². The van der Waals surface area contributed by atoms with Crippen LogP contribution in [0.5, 0.6) is 0 Å². The molecule has 0 aromatic heterocycles. The van der Waals surface area contributed by atoms with Gasteiger partial charge in [-0.25, -0.2) is 12.7 Å². The van der Waals surface area contributed by atoms with E-state index >= 15 is 0 Å². The molecule has 150 valence electrons. The quantitative estimate of drug-likeness (QED) is 0.666. The monoisotopic (exact) mass is 394 g/mol. The topological polar surface area (TPSA) is 66.9 Å². The molecule has 0 unspecified atom stereocenters. The van der Waals surface area contributed by atoms with Gasteiger partial charge in [0.1, 0.15) is 0 Å². The van der Waals surface area contributed by atoms with Crippen LogP contribution in [0.2, 0.25) is 0 Å². The number of hydrogen-bond donors (Lipinski definition) is 0. The molecule has 7 heteroatoms. The van der Waals surface area contributed by atoms with Crippen LogP contribution in [-0.4, -0.2) is 63.4 Å². The van der Waals surface area contributed by atoms with Crippen molar-refractivity contribution < 1.29 is 17.9 Å². The molecule has 1 aromatic rings. The lowest BCUT2D eigenvalue weighted by Gasteiger charge is -2.47. The number of carbonyl (C=O) groups excluding carboxylic acids is 1. The standard InChI is InChI=1S/C20H30N2O4S/c1-26-15-5-12-21-17-20(9-8-19(21)23)10-13-22(14-11-20)27(24,25)16-18-6-3-2-4-7-18/h2-4,6-7H,5,8-17H2,1H3. The van der Waals surface area contributed by atoms with Crippen molar-refractivity contribution in [1.29, 1.82) is 0 Å². The number of ether oxygens (including phenoxy) is 1. The first-order chi connectivity index (χ1) is 12.9. The summed E-state index contributed by atoms with van der Waals surface area (Å²) in [4.78, 5) is 14.2. The second-order valence-electron chi connectivity index (χ2n) is 7.80. The van der Waals surface area contributed by atoms with E-state index in [9.17, 15) is 13.2 Å². The highest BCUT2D eigenvalue weighted by molar-refractivity contribution is 7.88. The Balaban J connectivity index is 1.58. The summed E-state index contributed by atoms with van der Waals surface area (Å²) in [6.07, 6.45) is 3.95. The van der Waals surface area contributed by atoms with Crippen molar-refractivity contribution in [2.45, 2.75) is 37.9 Å². The van der Waals surface area contributed by atoms with E-state index in [2.05, 4.69) is 0 Å². The average Bonchev–Trinajstić information content (AvgIpc) is 2.66. The number of benzene rings is 1. The number of nitrogens with zero attached hydrogens (tertiary/aromatic N) is 2. The number of sulfonamides is 1. The van der Waals surface area contributed by atoms with E-state index in [1.54, 1.807) is 11.4 Å². The summed E-state index contributed by atoms with van der Waals surface area (Å²) in [5.41, 5.74) is 0.894. The van der Waals surface area contributed by atoms with Gasteiger partial charge in [0.15, 0.2) is 0 Å². The normalized spacial score (nSPS) is 20.9. The van der Waals surface area contributed by atoms with Crippen molar-refractivity contribution in [2.24, 2.45) is 5.41 Å². The summed E-state index contributed by atoms with van der Waals surface area (Å²) in [7, 11) is -1.63. The molecular formula is C20H30N2O4S. The fraction of sp³-hybridized carbons (Fsp3) is 0.650. The van der Waals surface area contributed by atoms with E-state index in [1.165, 1.54) is 0 Å². The Hall–Kier alpha value is -1.44. The minimum absolute atomic E-state index is 0.0580. The molecule has 0 aliphatic carbocycles. The van der Waals surface area contributed by atoms with Crippen molar-refractivity contribution in [3.8, 4) is 0 Å². The van der Waals surface area contributed by atoms with Gasteiger partial charge in [0.05, 0.1) is 5.75 Å². The Kier molecular flexibility index (Phi) is 6.55. The lowest BCUT2D eigenvalue weighted by molar-refractivity contribution is -0.139. The van der Waals surface area contributed by atoms with E-state index < -0.39 is 10.0 Å². The lowest BCUT2D eigenvalue weighted by Crippen LogP contribution is -2.52. The molecule has 0 N–H and O–H groups in total. The Morgan fingerprint density at radius 1 is 1.11 bits per heavy atom. The molecule has 0 atom stereocenters. The van der Waals surface area contributed by atoms with Gasteiger partial charge in [-0.3, -0.25) is 4.79 Å². The van der Waals surface area contributed by atoms with Crippen LogP contribution in [0.4, 0.5) is 0 Å². The number of hydrogen-bond acceptors (Lipinski definition) is 4. The molecule has 3 rings (SSSR count). The van der Waals surface area contributed by atoms with Gasteiger partial charge in [0.25, 0.3) is 0 Å². The number of piperidine rings is 2. The minimum atomic E-state index is -3.30. The number of likely N-dealkylation sites (tertiary alicyclic amines) is 1. The van der Waals surface area contributed by atoms with E-state index in [0.29, 0.717) is 26.1 Å². The van der Waals surface area contributed by atoms with E-state index in [0.717, 1.165) is 44.3 Å². The van der Waals surface area contributed by atoms with Crippen molar-refractivity contribution in [2.75, 3.05) is 39.9 Å². The third kappa shape index (κ3) is 5.09. The summed E-state index contributed by atoms with van der Waals surface area (Å²) < 4.78 is 32.3. The average molecular weight is 395 g/mol. The van der Waals surface area contributed by atoms with E-state index in [1.807, 2.05) is 35.2 Å². The SMILES string of the molecule is COCCCN1CC2(CCC1=O)CCN(S(=O)(=O)Cc1ccccc1)CC2. The fourth-order valence-corrected chi connectivity index (χ4v) is 5.76. The van der Waals surface area contributed by atoms with Crippen LogP contribution in [-0.2, 0) is 25.3 Å². The molecule has 2 aliphatic heterocycles. The largest absolute Gasteiger partial charge is 0.385 e. The molecule has 1 amide bonds. The van der Waals surface area contributed by atoms with Gasteiger partial charge in [0, 0.05) is 46.3 Å². The molecule has 0 radical (unpaired) electrons. The van der Waals surface area contributed by atoms with Crippen LogP contribution < -0.4 is 0 Å². The van der Waals surface area contributed by atoms with E-state index in [4.69, 9.17) is 4.74 Å². The summed E-state index contributed by atoms with van der Waals surface area (Å²) in [5.74, 6) is 0.276. The maximum atomic E-state index is 12.8. The first kappa shape index (κ1) is 20.3. The number of rotatable bonds is 7. The van der Waals surface area contributed by atoms with E-state index in [-0.39, 0.29) is 17.1 Å². The van der Waals surface area contributed by atoms with Gasteiger partial charge < -0.3 is 9.64 Å². The zero-order chi connectivity index (χ0) is 19.3. The molecule has 0 saturated carbocycles. The first-order valence-electron chi connectivity index (χ1n) is 9.73. The Bertz CT molecular complexity index is 728. The highest BCUT2D eigenvalue weighted by Crippen LogP contribution is 2.41. The summed E-state index contributed by atoms with van der Waals surface area (Å²) in [5, 5.41) is 0. The fourth-order valence-electron chi connectivity index (χ4n) is 4.23. The van der Waals surface area contributed by atoms with Gasteiger partial charge >= 0.3 is 0 Å². The number of methoxy groups -OCH3 is 1. The second-order valence-corrected chi connectivity index (χ2v) is 9.77. The smallest absolute Gasteiger partial charge is 0.222 e. The molecule has 1 aromatic carbocycles. The van der Waals surface area contributed by atoms with Crippen LogP contribution in [0.25, 0.3) is 0 Å². The first-order valence-corrected chi connectivity index (χ1v) is 11.3. The minimum Gasteiger partial charge on any atom is -0.385 e. The van der Waals surface area contributed by atoms with Gasteiger partial charge in [-0.05, 0) is 36.7 Å². The molecular weight excluding hydrogens is 364 g/mol. The second kappa shape index (κ2) is 8.71. The maximum absolute atomic E-state index is 12.8. The molecule has 2 heterocycles. The van der Waals surface area contributed by atoms with Gasteiger partial charge in [-0.1, -0.05) is 30.3 Å². The van der Waals surface area contributed by atoms with Gasteiger partial charge in [-0.15, -0.1) is 0 Å². The lowest BCUT2D eigenvalue weighted by atomic mass is 9.72. The summed E-state index contributed by atoms with van der Waals surface area (Å²) in [6.45, 7) is 3.24. The third-order valence-corrected chi connectivity index (χ3v) is 7.74. The van der Waals surface area contributed by atoms with Crippen LogP contribution >= 0.6 is 0 Å². The van der Waals surface area contributed by atoms with Crippen molar-refractivity contribution in [3.63, 3.8) is 0 Å². The zero-order valence-corrected chi connectivity index (χ0v) is 16.9. The predicted molar refractivity (Wildman–Crippen MR) is 105 cm³/mol. The van der Waals surface area contributed by atoms with Crippen molar-refractivity contribution >= 4 is 15.9 Å². The van der Waals surface area contributed by atoms with Crippen LogP contribution in [0, 0.1) is 5.41 Å². The molecule has 2 saturated heterocycles. The molecule has 0 bridgehead atoms. The number of carbonyl (C=O) groups is 1.